The van der Waals surface area contributed by atoms with Crippen molar-refractivity contribution >= 4 is 35.5 Å². The van der Waals surface area contributed by atoms with Crippen molar-refractivity contribution in [2.45, 2.75) is 63.5 Å². The summed E-state index contributed by atoms with van der Waals surface area (Å²) in [6.07, 6.45) is 2.76. The van der Waals surface area contributed by atoms with E-state index in [0.29, 0.717) is 0 Å². The molecule has 0 radical (unpaired) electrons. The Morgan fingerprint density at radius 2 is 1.12 bits per heavy atom. The van der Waals surface area contributed by atoms with Gasteiger partial charge in [0, 0.05) is 10.8 Å². The molecule has 4 aliphatic rings. The molecule has 4 heterocycles. The zero-order chi connectivity index (χ0) is 28.4. The van der Waals surface area contributed by atoms with Gasteiger partial charge in [-0.05, 0) is 85.2 Å². The SMILES string of the molecule is CC1(C)c2ccccc2N2c3ccc(-c4ccc5c(c4)[Si]4(CCCC4)c4ccccc4-5)cc3C(C)(C)c3cccc1c32. The van der Waals surface area contributed by atoms with Crippen LogP contribution in [0.2, 0.25) is 12.1 Å². The summed E-state index contributed by atoms with van der Waals surface area (Å²) < 4.78 is 0. The Balaban J connectivity index is 1.24. The molecule has 0 atom stereocenters. The number of fused-ring (bicyclic) bond motifs is 9. The Kier molecular flexibility index (Phi) is 4.79. The fraction of sp³-hybridized carbons (Fsp3) is 0.250. The fourth-order valence-electron chi connectivity index (χ4n) is 9.21. The van der Waals surface area contributed by atoms with Crippen LogP contribution in [-0.4, -0.2) is 8.07 Å². The van der Waals surface area contributed by atoms with Gasteiger partial charge in [0.15, 0.2) is 0 Å². The number of rotatable bonds is 1. The molecule has 0 saturated carbocycles. The van der Waals surface area contributed by atoms with Crippen molar-refractivity contribution in [3.63, 3.8) is 0 Å². The lowest BCUT2D eigenvalue weighted by Crippen LogP contribution is -2.52. The van der Waals surface area contributed by atoms with Gasteiger partial charge in [0.2, 0.25) is 0 Å². The predicted molar refractivity (Wildman–Crippen MR) is 180 cm³/mol. The zero-order valence-corrected chi connectivity index (χ0v) is 26.1. The van der Waals surface area contributed by atoms with E-state index in [-0.39, 0.29) is 10.8 Å². The van der Waals surface area contributed by atoms with E-state index in [4.69, 9.17) is 0 Å². The number of hydrogen-bond donors (Lipinski definition) is 0. The van der Waals surface area contributed by atoms with Crippen molar-refractivity contribution in [3.8, 4) is 22.3 Å². The van der Waals surface area contributed by atoms with Crippen molar-refractivity contribution in [1.29, 1.82) is 0 Å². The molecule has 0 N–H and O–H groups in total. The van der Waals surface area contributed by atoms with Crippen molar-refractivity contribution in [2.75, 3.05) is 4.90 Å². The van der Waals surface area contributed by atoms with Crippen LogP contribution in [0.15, 0.2) is 103 Å². The van der Waals surface area contributed by atoms with E-state index in [1.54, 1.807) is 10.4 Å². The van der Waals surface area contributed by atoms with E-state index < -0.39 is 8.07 Å². The minimum absolute atomic E-state index is 0.0476. The molecule has 9 rings (SSSR count). The highest BCUT2D eigenvalue weighted by Gasteiger charge is 2.48. The summed E-state index contributed by atoms with van der Waals surface area (Å²) in [5, 5.41) is 3.39. The zero-order valence-electron chi connectivity index (χ0n) is 25.1. The molecule has 1 spiro atoms. The summed E-state index contributed by atoms with van der Waals surface area (Å²) in [6.45, 7) is 9.62. The molecule has 0 aromatic heterocycles. The molecule has 0 aliphatic carbocycles. The molecule has 1 fully saturated rings. The minimum Gasteiger partial charge on any atom is -0.309 e. The summed E-state index contributed by atoms with van der Waals surface area (Å²) in [4.78, 5) is 2.56. The Morgan fingerprint density at radius 3 is 1.93 bits per heavy atom. The predicted octanol–water partition coefficient (Wildman–Crippen LogP) is 9.44. The smallest absolute Gasteiger partial charge is 0.119 e. The molecule has 1 nitrogen and oxygen atoms in total. The van der Waals surface area contributed by atoms with Crippen LogP contribution in [0.5, 0.6) is 0 Å². The number of nitrogens with zero attached hydrogens (tertiary/aromatic N) is 1. The van der Waals surface area contributed by atoms with Crippen molar-refractivity contribution in [1.82, 2.24) is 0 Å². The summed E-state index contributed by atoms with van der Waals surface area (Å²) in [6, 6.07) is 42.9. The van der Waals surface area contributed by atoms with Crippen LogP contribution < -0.4 is 15.3 Å². The van der Waals surface area contributed by atoms with Crippen LogP contribution in [0.4, 0.5) is 17.1 Å². The second-order valence-electron chi connectivity index (χ2n) is 14.1. The Bertz CT molecular complexity index is 1960. The molecular formula is C40H37NSi. The van der Waals surface area contributed by atoms with Gasteiger partial charge < -0.3 is 4.90 Å². The lowest BCUT2D eigenvalue weighted by Gasteiger charge is -2.49. The maximum absolute atomic E-state index is 2.61. The molecular weight excluding hydrogens is 523 g/mol. The summed E-state index contributed by atoms with van der Waals surface area (Å²) >= 11 is 0. The van der Waals surface area contributed by atoms with Crippen LogP contribution >= 0.6 is 0 Å². The number of para-hydroxylation sites is 2. The van der Waals surface area contributed by atoms with Crippen LogP contribution in [0.3, 0.4) is 0 Å². The molecule has 206 valence electrons. The van der Waals surface area contributed by atoms with E-state index >= 15 is 0 Å². The van der Waals surface area contributed by atoms with Crippen LogP contribution in [0.25, 0.3) is 22.3 Å². The average molecular weight is 560 g/mol. The topological polar surface area (TPSA) is 3.24 Å². The first-order valence-electron chi connectivity index (χ1n) is 15.8. The third-order valence-electron chi connectivity index (χ3n) is 11.4. The first kappa shape index (κ1) is 24.7. The third kappa shape index (κ3) is 2.94. The van der Waals surface area contributed by atoms with E-state index in [1.807, 2.05) is 0 Å². The molecule has 5 aromatic rings. The minimum atomic E-state index is -1.66. The van der Waals surface area contributed by atoms with Gasteiger partial charge in [-0.2, -0.15) is 0 Å². The van der Waals surface area contributed by atoms with Crippen LogP contribution in [0.1, 0.15) is 62.8 Å². The van der Waals surface area contributed by atoms with Gasteiger partial charge in [0.25, 0.3) is 0 Å². The number of benzene rings is 5. The van der Waals surface area contributed by atoms with Gasteiger partial charge in [-0.1, -0.05) is 125 Å². The lowest BCUT2D eigenvalue weighted by molar-refractivity contribution is 0.597. The lowest BCUT2D eigenvalue weighted by atomic mass is 9.66. The molecule has 0 amide bonds. The number of anilines is 3. The Hall–Kier alpha value is -3.88. The van der Waals surface area contributed by atoms with Crippen LogP contribution in [0, 0.1) is 0 Å². The molecule has 42 heavy (non-hydrogen) atoms. The van der Waals surface area contributed by atoms with Crippen molar-refractivity contribution in [3.05, 3.63) is 125 Å². The number of hydrogen-bond acceptors (Lipinski definition) is 1. The molecule has 0 bridgehead atoms. The molecule has 0 unspecified atom stereocenters. The normalized spacial score (nSPS) is 19.1. The molecule has 4 aliphatic heterocycles. The highest BCUT2D eigenvalue weighted by atomic mass is 28.3. The monoisotopic (exact) mass is 559 g/mol. The van der Waals surface area contributed by atoms with E-state index in [2.05, 4.69) is 136 Å². The van der Waals surface area contributed by atoms with Gasteiger partial charge in [0.05, 0.1) is 17.1 Å². The fourth-order valence-corrected chi connectivity index (χ4v) is 14.9. The van der Waals surface area contributed by atoms with Crippen LogP contribution in [-0.2, 0) is 10.8 Å². The largest absolute Gasteiger partial charge is 0.309 e. The second-order valence-corrected chi connectivity index (χ2v) is 18.4. The second kappa shape index (κ2) is 8.14. The average Bonchev–Trinajstić information content (AvgIpc) is 3.61. The van der Waals surface area contributed by atoms with Gasteiger partial charge in [-0.3, -0.25) is 0 Å². The summed E-state index contributed by atoms with van der Waals surface area (Å²) in [5.74, 6) is 0. The highest BCUT2D eigenvalue weighted by Crippen LogP contribution is 2.60. The van der Waals surface area contributed by atoms with Gasteiger partial charge in [0.1, 0.15) is 8.07 Å². The Morgan fingerprint density at radius 1 is 0.524 bits per heavy atom. The standard InChI is InChI=1S/C40H37NSi/c1-39(2)30-13-6-7-16-34(30)41-35-21-19-26(24-33(35)40(3,4)32-15-11-14-31(39)38(32)41)27-18-20-29-28-12-5-8-17-36(28)42(37(29)25-27)22-9-10-23-42/h5-8,11-21,24-25H,9-10,22-23H2,1-4H3. The van der Waals surface area contributed by atoms with Gasteiger partial charge in [-0.15, -0.1) is 0 Å². The Labute approximate surface area is 250 Å². The van der Waals surface area contributed by atoms with Crippen molar-refractivity contribution < 1.29 is 0 Å². The van der Waals surface area contributed by atoms with Gasteiger partial charge >= 0.3 is 0 Å². The van der Waals surface area contributed by atoms with Crippen molar-refractivity contribution in [2.24, 2.45) is 0 Å². The van der Waals surface area contributed by atoms with E-state index in [1.165, 1.54) is 86.5 Å². The quantitative estimate of drug-likeness (QED) is 0.185. The summed E-state index contributed by atoms with van der Waals surface area (Å²) in [5.41, 5.74) is 15.3. The van der Waals surface area contributed by atoms with Gasteiger partial charge in [-0.25, -0.2) is 0 Å². The summed E-state index contributed by atoms with van der Waals surface area (Å²) in [7, 11) is -1.66. The highest BCUT2D eigenvalue weighted by molar-refractivity contribution is 7.06. The van der Waals surface area contributed by atoms with E-state index in [9.17, 15) is 0 Å². The molecule has 2 heteroatoms. The third-order valence-corrected chi connectivity index (χ3v) is 16.7. The first-order valence-corrected chi connectivity index (χ1v) is 18.2. The molecule has 5 aromatic carbocycles. The maximum Gasteiger partial charge on any atom is 0.119 e. The molecule has 1 saturated heterocycles. The maximum atomic E-state index is 2.61. The first-order chi connectivity index (χ1) is 20.3. The van der Waals surface area contributed by atoms with E-state index in [0.717, 1.165) is 0 Å².